The maximum Gasteiger partial charge on any atom is 0.220 e. The summed E-state index contributed by atoms with van der Waals surface area (Å²) in [6.07, 6.45) is 4.71. The Hall–Kier alpha value is -2.13. The van der Waals surface area contributed by atoms with Crippen LogP contribution in [-0.2, 0) is 16.1 Å². The van der Waals surface area contributed by atoms with E-state index in [4.69, 9.17) is 14.7 Å². The lowest BCUT2D eigenvalue weighted by atomic mass is 10.3. The fraction of sp³-hybridized carbons (Fsp3) is 0.556. The first-order valence-electron chi connectivity index (χ1n) is 9.29. The van der Waals surface area contributed by atoms with Gasteiger partial charge in [0.2, 0.25) is 5.91 Å². The van der Waals surface area contributed by atoms with Crippen molar-refractivity contribution < 1.29 is 9.53 Å². The van der Waals surface area contributed by atoms with Crippen LogP contribution in [0.5, 0.6) is 0 Å². The maximum absolute atomic E-state index is 11.8. The van der Waals surface area contributed by atoms with Crippen LogP contribution in [0.4, 0.5) is 5.82 Å². The molecule has 27 heavy (non-hydrogen) atoms. The normalized spacial score (nSPS) is 14.5. The van der Waals surface area contributed by atoms with Crippen molar-refractivity contribution in [3.05, 3.63) is 18.9 Å². The van der Waals surface area contributed by atoms with Crippen molar-refractivity contribution in [2.24, 2.45) is 0 Å². The van der Waals surface area contributed by atoms with E-state index < -0.39 is 0 Å². The van der Waals surface area contributed by atoms with Gasteiger partial charge in [-0.2, -0.15) is 5.10 Å². The number of hydrogen-bond donors (Lipinski definition) is 1. The highest BCUT2D eigenvalue weighted by molar-refractivity contribution is 7.99. The van der Waals surface area contributed by atoms with Gasteiger partial charge < -0.3 is 15.0 Å². The number of fused-ring (bicyclic) bond motifs is 1. The van der Waals surface area contributed by atoms with Crippen LogP contribution in [0.25, 0.3) is 11.0 Å². The molecule has 1 N–H and O–H groups in total. The van der Waals surface area contributed by atoms with Crippen molar-refractivity contribution in [2.75, 3.05) is 43.5 Å². The zero-order valence-electron chi connectivity index (χ0n) is 15.7. The van der Waals surface area contributed by atoms with Gasteiger partial charge in [0, 0.05) is 26.1 Å². The van der Waals surface area contributed by atoms with Gasteiger partial charge >= 0.3 is 0 Å². The highest BCUT2D eigenvalue weighted by atomic mass is 32.2. The molecule has 8 nitrogen and oxygen atoms in total. The molecular formula is C18H26N6O2S. The lowest BCUT2D eigenvalue weighted by Crippen LogP contribution is -2.37. The fourth-order valence-corrected chi connectivity index (χ4v) is 3.48. The Morgan fingerprint density at radius 3 is 2.96 bits per heavy atom. The number of carbonyl (C=O) groups is 1. The lowest BCUT2D eigenvalue weighted by molar-refractivity contribution is -0.121. The minimum absolute atomic E-state index is 0.0252. The van der Waals surface area contributed by atoms with Gasteiger partial charge in [-0.25, -0.2) is 14.6 Å². The first kappa shape index (κ1) is 19.6. The molecule has 0 atom stereocenters. The van der Waals surface area contributed by atoms with Gasteiger partial charge in [-0.3, -0.25) is 4.79 Å². The monoisotopic (exact) mass is 390 g/mol. The lowest BCUT2D eigenvalue weighted by Gasteiger charge is -2.28. The Bertz CT molecular complexity index is 787. The molecule has 0 saturated carbocycles. The van der Waals surface area contributed by atoms with Gasteiger partial charge in [0.25, 0.3) is 0 Å². The second-order valence-electron chi connectivity index (χ2n) is 6.14. The Balaban J connectivity index is 1.79. The van der Waals surface area contributed by atoms with Crippen molar-refractivity contribution in [3.63, 3.8) is 0 Å². The predicted molar refractivity (Wildman–Crippen MR) is 107 cm³/mol. The molecule has 0 radical (unpaired) electrons. The van der Waals surface area contributed by atoms with Crippen LogP contribution in [0.15, 0.2) is 24.0 Å². The van der Waals surface area contributed by atoms with E-state index in [2.05, 4.69) is 28.8 Å². The van der Waals surface area contributed by atoms with E-state index in [-0.39, 0.29) is 5.91 Å². The van der Waals surface area contributed by atoms with E-state index in [9.17, 15) is 4.79 Å². The number of allylic oxidation sites excluding steroid dienone is 1. The molecule has 0 bridgehead atoms. The van der Waals surface area contributed by atoms with Gasteiger partial charge in [-0.15, -0.1) is 6.58 Å². The van der Waals surface area contributed by atoms with E-state index in [0.717, 1.165) is 40.9 Å². The molecule has 3 heterocycles. The van der Waals surface area contributed by atoms with Crippen LogP contribution in [0.3, 0.4) is 0 Å². The number of amides is 1. The summed E-state index contributed by atoms with van der Waals surface area (Å²) in [6.45, 7) is 9.83. The summed E-state index contributed by atoms with van der Waals surface area (Å²) in [4.78, 5) is 23.4. The zero-order chi connectivity index (χ0) is 19.1. The van der Waals surface area contributed by atoms with E-state index in [1.807, 2.05) is 10.9 Å². The van der Waals surface area contributed by atoms with Gasteiger partial charge in [0.05, 0.1) is 31.3 Å². The Labute approximate surface area is 163 Å². The van der Waals surface area contributed by atoms with Crippen LogP contribution in [0.2, 0.25) is 0 Å². The molecule has 1 fully saturated rings. The van der Waals surface area contributed by atoms with Crippen molar-refractivity contribution >= 4 is 34.5 Å². The largest absolute Gasteiger partial charge is 0.378 e. The van der Waals surface area contributed by atoms with E-state index in [1.165, 1.54) is 0 Å². The number of morpholine rings is 1. The molecule has 146 valence electrons. The topological polar surface area (TPSA) is 85.2 Å². The Kier molecular flexibility index (Phi) is 7.05. The minimum Gasteiger partial charge on any atom is -0.378 e. The second-order valence-corrected chi connectivity index (χ2v) is 7.38. The van der Waals surface area contributed by atoms with E-state index >= 15 is 0 Å². The average molecular weight is 391 g/mol. The van der Waals surface area contributed by atoms with Crippen LogP contribution in [-0.4, -0.2) is 64.3 Å². The molecule has 1 amide bonds. The van der Waals surface area contributed by atoms with Crippen molar-refractivity contribution in [2.45, 2.75) is 31.5 Å². The summed E-state index contributed by atoms with van der Waals surface area (Å²) in [5.41, 5.74) is 0.808. The molecule has 1 saturated heterocycles. The standard InChI is InChI=1S/C18H26N6O2S/c1-3-5-6-15(25)19-7-8-24-17-14(13-20-24)16(21-18(22-17)27-4-2)23-9-11-26-12-10-23/h3,13H,1,4-12H2,2H3,(H,19,25). The molecule has 1 aliphatic rings. The molecule has 9 heteroatoms. The number of rotatable bonds is 9. The summed E-state index contributed by atoms with van der Waals surface area (Å²) >= 11 is 1.62. The van der Waals surface area contributed by atoms with Crippen LogP contribution in [0, 0.1) is 0 Å². The number of hydrogen-bond acceptors (Lipinski definition) is 7. The molecule has 3 rings (SSSR count). The third kappa shape index (κ3) is 4.98. The Morgan fingerprint density at radius 2 is 2.22 bits per heavy atom. The highest BCUT2D eigenvalue weighted by Gasteiger charge is 2.20. The molecule has 0 aromatic carbocycles. The average Bonchev–Trinajstić information content (AvgIpc) is 3.10. The number of thioether (sulfide) groups is 1. The summed E-state index contributed by atoms with van der Waals surface area (Å²) < 4.78 is 7.30. The molecule has 0 unspecified atom stereocenters. The maximum atomic E-state index is 11.8. The van der Waals surface area contributed by atoms with Crippen molar-refractivity contribution in [1.82, 2.24) is 25.1 Å². The molecular weight excluding hydrogens is 364 g/mol. The summed E-state index contributed by atoms with van der Waals surface area (Å²) in [5.74, 6) is 1.85. The van der Waals surface area contributed by atoms with E-state index in [0.29, 0.717) is 39.1 Å². The van der Waals surface area contributed by atoms with Crippen LogP contribution >= 0.6 is 11.8 Å². The molecule has 2 aromatic heterocycles. The highest BCUT2D eigenvalue weighted by Crippen LogP contribution is 2.27. The minimum atomic E-state index is 0.0252. The summed E-state index contributed by atoms with van der Waals surface area (Å²) in [5, 5.41) is 9.10. The number of ether oxygens (including phenoxy) is 1. The van der Waals surface area contributed by atoms with Crippen molar-refractivity contribution in [1.29, 1.82) is 0 Å². The number of anilines is 1. The molecule has 1 aliphatic heterocycles. The van der Waals surface area contributed by atoms with Crippen molar-refractivity contribution in [3.8, 4) is 0 Å². The smallest absolute Gasteiger partial charge is 0.220 e. The fourth-order valence-electron chi connectivity index (χ4n) is 2.92. The number of carbonyl (C=O) groups excluding carboxylic acids is 1. The van der Waals surface area contributed by atoms with Gasteiger partial charge in [0.15, 0.2) is 10.8 Å². The molecule has 0 spiro atoms. The second kappa shape index (κ2) is 9.70. The van der Waals surface area contributed by atoms with Crippen LogP contribution < -0.4 is 10.2 Å². The third-order valence-corrected chi connectivity index (χ3v) is 4.99. The predicted octanol–water partition coefficient (Wildman–Crippen LogP) is 1.86. The Morgan fingerprint density at radius 1 is 1.41 bits per heavy atom. The summed E-state index contributed by atoms with van der Waals surface area (Å²) in [6, 6.07) is 0. The molecule has 0 aliphatic carbocycles. The summed E-state index contributed by atoms with van der Waals surface area (Å²) in [7, 11) is 0. The number of aromatic nitrogens is 4. The SMILES string of the molecule is C=CCCC(=O)NCCn1ncc2c(N3CCOCC3)nc(SCC)nc21. The van der Waals surface area contributed by atoms with Gasteiger partial charge in [-0.1, -0.05) is 24.8 Å². The number of nitrogens with zero attached hydrogens (tertiary/aromatic N) is 5. The number of nitrogens with one attached hydrogen (secondary N) is 1. The zero-order valence-corrected chi connectivity index (χ0v) is 16.5. The van der Waals surface area contributed by atoms with Crippen LogP contribution in [0.1, 0.15) is 19.8 Å². The van der Waals surface area contributed by atoms with Gasteiger partial charge in [-0.05, 0) is 12.2 Å². The molecule has 2 aromatic rings. The quantitative estimate of drug-likeness (QED) is 0.397. The first-order valence-corrected chi connectivity index (χ1v) is 10.3. The first-order chi connectivity index (χ1) is 13.2. The van der Waals surface area contributed by atoms with Gasteiger partial charge in [0.1, 0.15) is 5.82 Å². The van der Waals surface area contributed by atoms with E-state index in [1.54, 1.807) is 17.8 Å². The third-order valence-electron chi connectivity index (χ3n) is 4.26.